The number of benzene rings is 1. The van der Waals surface area contributed by atoms with Crippen LogP contribution in [-0.4, -0.2) is 39.1 Å². The maximum Gasteiger partial charge on any atom is 0.237 e. The number of amides is 1. The molecule has 0 aliphatic heterocycles. The number of aromatic nitrogens is 2. The van der Waals surface area contributed by atoms with Crippen molar-refractivity contribution in [2.45, 2.75) is 51.7 Å². The average Bonchev–Trinajstić information content (AvgIpc) is 3.09. The van der Waals surface area contributed by atoms with Gasteiger partial charge in [0.25, 0.3) is 0 Å². The van der Waals surface area contributed by atoms with E-state index in [1.54, 1.807) is 13.2 Å². The van der Waals surface area contributed by atoms with E-state index in [2.05, 4.69) is 29.9 Å². The number of carbonyl (C=O) groups excluding carboxylic acids is 1. The predicted octanol–water partition coefficient (Wildman–Crippen LogP) is 3.47. The standard InChI is InChI=1S/C25H28FN5O2S/c1-14-7-25(8-15(2)22(14)33-3)9-17-5-4-16(10-27)6-19(17)21(25)23(32)31(24(28)34)13-20-29-11-18(26)12-30-20/h4-6,11-12,14-15,21-22H,7-9,13H2,1-3H3,(H2,28,34). The van der Waals surface area contributed by atoms with Crippen LogP contribution >= 0.6 is 12.2 Å². The van der Waals surface area contributed by atoms with E-state index >= 15 is 0 Å². The van der Waals surface area contributed by atoms with E-state index in [4.69, 9.17) is 22.7 Å². The summed E-state index contributed by atoms with van der Waals surface area (Å²) in [6, 6.07) is 7.75. The molecule has 7 nitrogen and oxygen atoms in total. The molecule has 2 aromatic rings. The van der Waals surface area contributed by atoms with Crippen molar-refractivity contribution in [2.75, 3.05) is 7.11 Å². The van der Waals surface area contributed by atoms with E-state index in [0.29, 0.717) is 5.56 Å². The molecule has 1 saturated carbocycles. The number of nitrogens with two attached hydrogens (primary N) is 1. The second-order valence-corrected chi connectivity index (χ2v) is 10.1. The summed E-state index contributed by atoms with van der Waals surface area (Å²) >= 11 is 5.26. The van der Waals surface area contributed by atoms with Crippen molar-refractivity contribution >= 4 is 23.2 Å². The Morgan fingerprint density at radius 2 is 1.97 bits per heavy atom. The van der Waals surface area contributed by atoms with Gasteiger partial charge in [-0.25, -0.2) is 14.4 Å². The molecule has 2 aliphatic rings. The molecule has 0 radical (unpaired) electrons. The molecule has 4 rings (SSSR count). The topological polar surface area (TPSA) is 105 Å². The van der Waals surface area contributed by atoms with Gasteiger partial charge in [0.2, 0.25) is 5.91 Å². The third kappa shape index (κ3) is 4.28. The van der Waals surface area contributed by atoms with Crippen LogP contribution in [-0.2, 0) is 22.5 Å². The number of hydrogen-bond donors (Lipinski definition) is 1. The number of fused-ring (bicyclic) bond motifs is 1. The van der Waals surface area contributed by atoms with Gasteiger partial charge in [-0.15, -0.1) is 0 Å². The van der Waals surface area contributed by atoms with Crippen LogP contribution in [0, 0.1) is 34.4 Å². The van der Waals surface area contributed by atoms with Gasteiger partial charge < -0.3 is 10.5 Å². The lowest BCUT2D eigenvalue weighted by molar-refractivity contribution is -0.135. The maximum atomic E-state index is 14.2. The molecule has 1 aromatic heterocycles. The summed E-state index contributed by atoms with van der Waals surface area (Å²) in [6.07, 6.45) is 4.52. The molecular weight excluding hydrogens is 453 g/mol. The molecule has 2 N–H and O–H groups in total. The second-order valence-electron chi connectivity index (χ2n) is 9.64. The Morgan fingerprint density at radius 3 is 2.53 bits per heavy atom. The molecule has 1 amide bonds. The van der Waals surface area contributed by atoms with Crippen LogP contribution in [0.5, 0.6) is 0 Å². The van der Waals surface area contributed by atoms with E-state index in [1.165, 1.54) is 4.90 Å². The zero-order chi connectivity index (χ0) is 24.6. The van der Waals surface area contributed by atoms with Gasteiger partial charge in [0.1, 0.15) is 5.82 Å². The van der Waals surface area contributed by atoms with E-state index in [9.17, 15) is 14.4 Å². The van der Waals surface area contributed by atoms with Crippen LogP contribution in [0.25, 0.3) is 0 Å². The maximum absolute atomic E-state index is 14.2. The lowest BCUT2D eigenvalue weighted by Gasteiger charge is -2.48. The fraction of sp³-hybridized carbons (Fsp3) is 0.480. The van der Waals surface area contributed by atoms with Crippen LogP contribution in [0.3, 0.4) is 0 Å². The lowest BCUT2D eigenvalue weighted by atomic mass is 9.59. The molecule has 178 valence electrons. The Balaban J connectivity index is 1.77. The highest BCUT2D eigenvalue weighted by Crippen LogP contribution is 2.58. The van der Waals surface area contributed by atoms with Gasteiger partial charge in [0.05, 0.1) is 42.6 Å². The minimum Gasteiger partial charge on any atom is -0.381 e. The SMILES string of the molecule is COC1C(C)CC2(Cc3ccc(C#N)cc3C2C(=O)N(Cc2ncc(F)cn2)C(N)=S)CC1C. The van der Waals surface area contributed by atoms with Gasteiger partial charge >= 0.3 is 0 Å². The predicted molar refractivity (Wildman–Crippen MR) is 128 cm³/mol. The Hall–Kier alpha value is -2.96. The Kier molecular flexibility index (Phi) is 6.65. The van der Waals surface area contributed by atoms with Gasteiger partial charge in [-0.05, 0) is 72.0 Å². The van der Waals surface area contributed by atoms with Crippen LogP contribution in [0.2, 0.25) is 0 Å². The zero-order valence-electron chi connectivity index (χ0n) is 19.5. The summed E-state index contributed by atoms with van der Waals surface area (Å²) in [5.41, 5.74) is 8.07. The van der Waals surface area contributed by atoms with E-state index in [0.717, 1.165) is 42.8 Å². The summed E-state index contributed by atoms with van der Waals surface area (Å²) in [4.78, 5) is 23.4. The number of thiocarbonyl (C=S) groups is 1. The Bertz CT molecular complexity index is 1140. The molecule has 1 spiro atoms. The monoisotopic (exact) mass is 481 g/mol. The van der Waals surface area contributed by atoms with Gasteiger partial charge in [0, 0.05) is 7.11 Å². The highest BCUT2D eigenvalue weighted by molar-refractivity contribution is 7.80. The van der Waals surface area contributed by atoms with E-state index in [-0.39, 0.29) is 46.7 Å². The minimum atomic E-state index is -0.567. The Morgan fingerprint density at radius 1 is 1.32 bits per heavy atom. The van der Waals surface area contributed by atoms with Crippen molar-refractivity contribution < 1.29 is 13.9 Å². The van der Waals surface area contributed by atoms with Crippen LogP contribution in [0.1, 0.15) is 55.1 Å². The number of hydrogen-bond acceptors (Lipinski definition) is 6. The largest absolute Gasteiger partial charge is 0.381 e. The van der Waals surface area contributed by atoms with Crippen molar-refractivity contribution in [2.24, 2.45) is 23.0 Å². The number of nitrogens with zero attached hydrogens (tertiary/aromatic N) is 4. The molecule has 3 atom stereocenters. The normalized spacial score (nSPS) is 27.7. The molecule has 2 aliphatic carbocycles. The van der Waals surface area contributed by atoms with E-state index < -0.39 is 11.7 Å². The zero-order valence-corrected chi connectivity index (χ0v) is 20.3. The summed E-state index contributed by atoms with van der Waals surface area (Å²) in [5.74, 6) is -0.613. The van der Waals surface area contributed by atoms with Crippen LogP contribution < -0.4 is 5.73 Å². The van der Waals surface area contributed by atoms with Crippen molar-refractivity contribution in [1.29, 1.82) is 5.26 Å². The highest BCUT2D eigenvalue weighted by Gasteiger charge is 2.55. The number of carbonyl (C=O) groups is 1. The van der Waals surface area contributed by atoms with Crippen molar-refractivity contribution in [3.05, 3.63) is 58.9 Å². The molecule has 1 heterocycles. The second kappa shape index (κ2) is 9.35. The van der Waals surface area contributed by atoms with Crippen molar-refractivity contribution in [1.82, 2.24) is 14.9 Å². The molecular formula is C25H28FN5O2S. The molecule has 9 heteroatoms. The first-order valence-corrected chi connectivity index (χ1v) is 11.7. The summed E-state index contributed by atoms with van der Waals surface area (Å²) in [5, 5.41) is 9.42. The first-order valence-electron chi connectivity index (χ1n) is 11.3. The third-order valence-electron chi connectivity index (χ3n) is 7.34. The fourth-order valence-electron chi connectivity index (χ4n) is 6.29. The molecule has 1 fully saturated rings. The van der Waals surface area contributed by atoms with Crippen LogP contribution in [0.15, 0.2) is 30.6 Å². The molecule has 1 aromatic carbocycles. The van der Waals surface area contributed by atoms with Crippen molar-refractivity contribution in [3.8, 4) is 6.07 Å². The van der Waals surface area contributed by atoms with Gasteiger partial charge in [-0.3, -0.25) is 9.69 Å². The number of nitriles is 1. The molecule has 0 saturated heterocycles. The summed E-state index contributed by atoms with van der Waals surface area (Å²) in [6.45, 7) is 4.27. The first kappa shape index (κ1) is 24.2. The van der Waals surface area contributed by atoms with Crippen molar-refractivity contribution in [3.63, 3.8) is 0 Å². The van der Waals surface area contributed by atoms with Crippen LogP contribution in [0.4, 0.5) is 4.39 Å². The summed E-state index contributed by atoms with van der Waals surface area (Å²) < 4.78 is 19.1. The number of methoxy groups -OCH3 is 1. The number of ether oxygens (including phenoxy) is 1. The molecule has 0 bridgehead atoms. The smallest absolute Gasteiger partial charge is 0.237 e. The van der Waals surface area contributed by atoms with Gasteiger partial charge in [-0.1, -0.05) is 19.9 Å². The third-order valence-corrected chi connectivity index (χ3v) is 7.56. The molecule has 34 heavy (non-hydrogen) atoms. The average molecular weight is 482 g/mol. The van der Waals surface area contributed by atoms with Gasteiger partial charge in [0.15, 0.2) is 10.9 Å². The minimum absolute atomic E-state index is 0.0555. The quantitative estimate of drug-likeness (QED) is 0.667. The summed E-state index contributed by atoms with van der Waals surface area (Å²) in [7, 11) is 1.73. The number of rotatable bonds is 4. The lowest BCUT2D eigenvalue weighted by Crippen LogP contribution is -2.50. The number of halogens is 1. The van der Waals surface area contributed by atoms with E-state index in [1.807, 2.05) is 12.1 Å². The Labute approximate surface area is 204 Å². The van der Waals surface area contributed by atoms with Gasteiger partial charge in [-0.2, -0.15) is 5.26 Å². The molecule has 3 unspecified atom stereocenters. The highest BCUT2D eigenvalue weighted by atomic mass is 32.1. The fourth-order valence-corrected chi connectivity index (χ4v) is 6.44. The first-order chi connectivity index (χ1) is 16.2.